The van der Waals surface area contributed by atoms with Crippen LogP contribution in [0, 0.1) is 5.82 Å². The normalized spacial score (nSPS) is 30.2. The van der Waals surface area contributed by atoms with E-state index in [4.69, 9.17) is 0 Å². The summed E-state index contributed by atoms with van der Waals surface area (Å²) < 4.78 is 13.9. The Hall–Kier alpha value is -0.970. The predicted octanol–water partition coefficient (Wildman–Crippen LogP) is 2.41. The number of aliphatic hydroxyl groups is 2. The molecule has 4 heteroatoms. The molecule has 2 aliphatic rings. The number of halogens is 1. The van der Waals surface area contributed by atoms with Gasteiger partial charge in [-0.3, -0.25) is 4.90 Å². The van der Waals surface area contributed by atoms with E-state index < -0.39 is 5.60 Å². The summed E-state index contributed by atoms with van der Waals surface area (Å²) in [6.45, 7) is 1.43. The van der Waals surface area contributed by atoms with Gasteiger partial charge in [-0.15, -0.1) is 0 Å². The zero-order valence-electron chi connectivity index (χ0n) is 12.3. The smallest absolute Gasteiger partial charge is 0.129 e. The van der Waals surface area contributed by atoms with Crippen molar-refractivity contribution in [3.05, 3.63) is 35.6 Å². The topological polar surface area (TPSA) is 43.7 Å². The summed E-state index contributed by atoms with van der Waals surface area (Å²) in [5.74, 6) is -0.328. The summed E-state index contributed by atoms with van der Waals surface area (Å²) in [5, 5.41) is 20.9. The lowest BCUT2D eigenvalue weighted by Gasteiger charge is -2.44. The average molecular weight is 293 g/mol. The fraction of sp³-hybridized carbons (Fsp3) is 0.647. The van der Waals surface area contributed by atoms with Crippen molar-refractivity contribution in [1.29, 1.82) is 0 Å². The molecule has 116 valence electrons. The number of piperidine rings is 1. The Morgan fingerprint density at radius 1 is 1.10 bits per heavy atom. The highest BCUT2D eigenvalue weighted by Gasteiger charge is 2.39. The highest BCUT2D eigenvalue weighted by atomic mass is 19.1. The number of benzene rings is 1. The van der Waals surface area contributed by atoms with Crippen molar-refractivity contribution in [2.24, 2.45) is 0 Å². The molecule has 3 rings (SSSR count). The molecule has 2 fully saturated rings. The van der Waals surface area contributed by atoms with Crippen molar-refractivity contribution in [2.75, 3.05) is 13.1 Å². The molecule has 1 aliphatic heterocycles. The van der Waals surface area contributed by atoms with Crippen LogP contribution in [0.4, 0.5) is 4.39 Å². The van der Waals surface area contributed by atoms with Crippen molar-refractivity contribution in [1.82, 2.24) is 4.90 Å². The zero-order chi connectivity index (χ0) is 14.9. The first-order valence-electron chi connectivity index (χ1n) is 8.00. The Morgan fingerprint density at radius 2 is 1.76 bits per heavy atom. The zero-order valence-corrected chi connectivity index (χ0v) is 12.3. The van der Waals surface area contributed by atoms with Crippen molar-refractivity contribution in [3.63, 3.8) is 0 Å². The van der Waals surface area contributed by atoms with Gasteiger partial charge in [0.25, 0.3) is 0 Å². The van der Waals surface area contributed by atoms with Gasteiger partial charge in [0.15, 0.2) is 0 Å². The lowest BCUT2D eigenvalue weighted by atomic mass is 9.82. The summed E-state index contributed by atoms with van der Waals surface area (Å²) in [5.41, 5.74) is -0.657. The maximum Gasteiger partial charge on any atom is 0.129 e. The van der Waals surface area contributed by atoms with Crippen LogP contribution >= 0.6 is 0 Å². The van der Waals surface area contributed by atoms with Gasteiger partial charge in [0.1, 0.15) is 5.82 Å². The lowest BCUT2D eigenvalue weighted by Crippen LogP contribution is -2.52. The summed E-state index contributed by atoms with van der Waals surface area (Å²) in [4.78, 5) is 2.28. The molecular formula is C17H24FNO2. The SMILES string of the molecule is O[C@H]1CCCC[C@H]1N1CCC(O)(c2ccccc2F)CC1. The number of rotatable bonds is 2. The Kier molecular flexibility index (Phi) is 4.29. The highest BCUT2D eigenvalue weighted by Crippen LogP contribution is 2.36. The molecule has 0 aromatic heterocycles. The summed E-state index contributed by atoms with van der Waals surface area (Å²) >= 11 is 0. The number of likely N-dealkylation sites (tertiary alicyclic amines) is 1. The van der Waals surface area contributed by atoms with E-state index in [9.17, 15) is 14.6 Å². The second-order valence-electron chi connectivity index (χ2n) is 6.47. The Morgan fingerprint density at radius 3 is 2.43 bits per heavy atom. The molecule has 2 atom stereocenters. The van der Waals surface area contributed by atoms with Gasteiger partial charge in [0, 0.05) is 24.7 Å². The van der Waals surface area contributed by atoms with Gasteiger partial charge in [-0.1, -0.05) is 31.0 Å². The van der Waals surface area contributed by atoms with E-state index in [1.165, 1.54) is 6.07 Å². The van der Waals surface area contributed by atoms with E-state index in [2.05, 4.69) is 4.90 Å². The second-order valence-corrected chi connectivity index (χ2v) is 6.47. The monoisotopic (exact) mass is 293 g/mol. The number of nitrogens with zero attached hydrogens (tertiary/aromatic N) is 1. The molecule has 0 bridgehead atoms. The van der Waals surface area contributed by atoms with Crippen LogP contribution in [0.3, 0.4) is 0 Å². The highest BCUT2D eigenvalue weighted by molar-refractivity contribution is 5.25. The third kappa shape index (κ3) is 2.98. The molecule has 0 unspecified atom stereocenters. The average Bonchev–Trinajstić information content (AvgIpc) is 2.49. The number of aliphatic hydroxyl groups excluding tert-OH is 1. The molecule has 3 nitrogen and oxygen atoms in total. The van der Waals surface area contributed by atoms with Crippen molar-refractivity contribution < 1.29 is 14.6 Å². The van der Waals surface area contributed by atoms with Gasteiger partial charge in [-0.2, -0.15) is 0 Å². The predicted molar refractivity (Wildman–Crippen MR) is 79.4 cm³/mol. The van der Waals surface area contributed by atoms with Gasteiger partial charge in [-0.25, -0.2) is 4.39 Å². The minimum atomic E-state index is -1.07. The molecular weight excluding hydrogens is 269 g/mol. The Labute approximate surface area is 125 Å². The van der Waals surface area contributed by atoms with Crippen LogP contribution in [0.5, 0.6) is 0 Å². The Bertz CT molecular complexity index is 485. The maximum atomic E-state index is 13.9. The number of hydrogen-bond donors (Lipinski definition) is 2. The molecule has 0 amide bonds. The first-order valence-corrected chi connectivity index (χ1v) is 8.00. The molecule has 1 heterocycles. The fourth-order valence-electron chi connectivity index (χ4n) is 3.85. The van der Waals surface area contributed by atoms with E-state index in [1.54, 1.807) is 18.2 Å². The lowest BCUT2D eigenvalue weighted by molar-refractivity contribution is -0.0621. The molecule has 0 spiro atoms. The van der Waals surface area contributed by atoms with Crippen LogP contribution in [-0.2, 0) is 5.60 Å². The number of hydrogen-bond acceptors (Lipinski definition) is 3. The van der Waals surface area contributed by atoms with Crippen LogP contribution in [-0.4, -0.2) is 40.3 Å². The van der Waals surface area contributed by atoms with Gasteiger partial charge in [-0.05, 0) is 31.7 Å². The van der Waals surface area contributed by atoms with Crippen LogP contribution in [0.15, 0.2) is 24.3 Å². The molecule has 21 heavy (non-hydrogen) atoms. The Balaban J connectivity index is 1.68. The van der Waals surface area contributed by atoms with Crippen molar-refractivity contribution in [3.8, 4) is 0 Å². The summed E-state index contributed by atoms with van der Waals surface area (Å²) in [6.07, 6.45) is 4.96. The van der Waals surface area contributed by atoms with E-state index in [1.807, 2.05) is 0 Å². The van der Waals surface area contributed by atoms with Crippen LogP contribution in [0.25, 0.3) is 0 Å². The largest absolute Gasteiger partial charge is 0.391 e. The molecule has 0 radical (unpaired) electrons. The first-order chi connectivity index (χ1) is 10.1. The summed E-state index contributed by atoms with van der Waals surface area (Å²) in [6, 6.07) is 6.72. The second kappa shape index (κ2) is 6.03. The van der Waals surface area contributed by atoms with Crippen molar-refractivity contribution in [2.45, 2.75) is 56.3 Å². The molecule has 1 aliphatic carbocycles. The van der Waals surface area contributed by atoms with Gasteiger partial charge in [0.2, 0.25) is 0 Å². The molecule has 2 N–H and O–H groups in total. The van der Waals surface area contributed by atoms with Crippen LogP contribution in [0.2, 0.25) is 0 Å². The van der Waals surface area contributed by atoms with Crippen molar-refractivity contribution >= 4 is 0 Å². The molecule has 1 aromatic carbocycles. The van der Waals surface area contributed by atoms with E-state index in [-0.39, 0.29) is 18.0 Å². The minimum Gasteiger partial charge on any atom is -0.391 e. The van der Waals surface area contributed by atoms with Gasteiger partial charge in [0.05, 0.1) is 11.7 Å². The maximum absolute atomic E-state index is 13.9. The fourth-order valence-corrected chi connectivity index (χ4v) is 3.85. The quantitative estimate of drug-likeness (QED) is 0.880. The van der Waals surface area contributed by atoms with Crippen LogP contribution < -0.4 is 0 Å². The first kappa shape index (κ1) is 14.9. The van der Waals surface area contributed by atoms with Crippen LogP contribution in [0.1, 0.15) is 44.1 Å². The third-order valence-electron chi connectivity index (χ3n) is 5.16. The molecule has 1 aromatic rings. The van der Waals surface area contributed by atoms with Gasteiger partial charge < -0.3 is 10.2 Å². The van der Waals surface area contributed by atoms with E-state index >= 15 is 0 Å². The molecule has 1 saturated heterocycles. The van der Waals surface area contributed by atoms with E-state index in [0.29, 0.717) is 31.5 Å². The van der Waals surface area contributed by atoms with Gasteiger partial charge >= 0.3 is 0 Å². The standard InChI is InChI=1S/C17H24FNO2/c18-14-6-2-1-5-13(14)17(21)9-11-19(12-10-17)15-7-3-4-8-16(15)20/h1-2,5-6,15-16,20-21H,3-4,7-12H2/t15-,16+/m1/s1. The third-order valence-corrected chi connectivity index (χ3v) is 5.16. The van der Waals surface area contributed by atoms with E-state index in [0.717, 1.165) is 25.7 Å². The summed E-state index contributed by atoms with van der Waals surface area (Å²) in [7, 11) is 0. The molecule has 1 saturated carbocycles. The minimum absolute atomic E-state index is 0.212.